The van der Waals surface area contributed by atoms with Crippen LogP contribution in [0.1, 0.15) is 27.2 Å². The highest BCUT2D eigenvalue weighted by molar-refractivity contribution is 5.76. The van der Waals surface area contributed by atoms with Crippen molar-refractivity contribution in [3.8, 4) is 0 Å². The van der Waals surface area contributed by atoms with E-state index in [9.17, 15) is 4.79 Å². The molecule has 0 saturated carbocycles. The summed E-state index contributed by atoms with van der Waals surface area (Å²) in [5.41, 5.74) is 5.91. The molecule has 4 heteroatoms. The number of carbonyl (C=O) groups excluding carboxylic acids is 1. The highest BCUT2D eigenvalue weighted by Gasteiger charge is 2.24. The van der Waals surface area contributed by atoms with Gasteiger partial charge in [-0.2, -0.15) is 0 Å². The van der Waals surface area contributed by atoms with Crippen molar-refractivity contribution in [2.45, 2.75) is 33.2 Å². The Morgan fingerprint density at radius 3 is 2.40 bits per heavy atom. The molecule has 0 heterocycles. The first-order valence-electron chi connectivity index (χ1n) is 5.27. The van der Waals surface area contributed by atoms with E-state index in [1.807, 2.05) is 20.8 Å². The molecular weight excluding hydrogens is 192 g/mol. The number of ether oxygens (including phenoxy) is 1. The highest BCUT2D eigenvalue weighted by Crippen LogP contribution is 2.20. The monoisotopic (exact) mass is 216 g/mol. The third-order valence-corrected chi connectivity index (χ3v) is 2.56. The Morgan fingerprint density at radius 1 is 1.47 bits per heavy atom. The van der Waals surface area contributed by atoms with Gasteiger partial charge in [0.1, 0.15) is 0 Å². The summed E-state index contributed by atoms with van der Waals surface area (Å²) >= 11 is 0. The Kier molecular flexibility index (Phi) is 5.83. The van der Waals surface area contributed by atoms with E-state index in [0.717, 1.165) is 0 Å². The topological polar surface area (TPSA) is 55.6 Å². The molecule has 0 aliphatic heterocycles. The lowest BCUT2D eigenvalue weighted by atomic mass is 9.85. The number of carbonyl (C=O) groups is 1. The van der Waals surface area contributed by atoms with Crippen molar-refractivity contribution in [2.24, 2.45) is 11.1 Å². The zero-order valence-electron chi connectivity index (χ0n) is 10.5. The third-order valence-electron chi connectivity index (χ3n) is 2.56. The van der Waals surface area contributed by atoms with Gasteiger partial charge in [-0.1, -0.05) is 20.8 Å². The van der Waals surface area contributed by atoms with Crippen molar-refractivity contribution in [1.29, 1.82) is 0 Å². The van der Waals surface area contributed by atoms with Gasteiger partial charge in [0, 0.05) is 33.2 Å². The molecule has 4 nitrogen and oxygen atoms in total. The molecule has 1 atom stereocenters. The molecule has 0 spiro atoms. The molecular formula is C11H24N2O2. The van der Waals surface area contributed by atoms with Crippen LogP contribution >= 0.6 is 0 Å². The molecule has 0 aromatic heterocycles. The maximum atomic E-state index is 11.7. The zero-order valence-corrected chi connectivity index (χ0v) is 10.5. The van der Waals surface area contributed by atoms with Crippen LogP contribution in [0.4, 0.5) is 0 Å². The molecule has 1 unspecified atom stereocenters. The molecule has 1 amide bonds. The van der Waals surface area contributed by atoms with Crippen LogP contribution in [0.3, 0.4) is 0 Å². The van der Waals surface area contributed by atoms with E-state index in [4.69, 9.17) is 10.5 Å². The molecule has 90 valence electrons. The van der Waals surface area contributed by atoms with Crippen molar-refractivity contribution in [1.82, 2.24) is 4.90 Å². The summed E-state index contributed by atoms with van der Waals surface area (Å²) < 4.78 is 4.91. The fourth-order valence-electron chi connectivity index (χ4n) is 1.00. The quantitative estimate of drug-likeness (QED) is 0.741. The van der Waals surface area contributed by atoms with Gasteiger partial charge in [-0.25, -0.2) is 0 Å². The molecule has 0 rings (SSSR count). The standard InChI is InChI=1S/C11H24N2O2/c1-11(2,3)9(12)8-10(14)13(4)6-7-15-5/h9H,6-8,12H2,1-5H3. The zero-order chi connectivity index (χ0) is 12.1. The van der Waals surface area contributed by atoms with Gasteiger partial charge >= 0.3 is 0 Å². The molecule has 0 aliphatic rings. The first-order valence-corrected chi connectivity index (χ1v) is 5.27. The second kappa shape index (κ2) is 6.08. The van der Waals surface area contributed by atoms with Crippen LogP contribution in [-0.2, 0) is 9.53 Å². The summed E-state index contributed by atoms with van der Waals surface area (Å²) in [5, 5.41) is 0. The van der Waals surface area contributed by atoms with Crippen LogP contribution in [0.2, 0.25) is 0 Å². The summed E-state index contributed by atoms with van der Waals surface area (Å²) in [5.74, 6) is 0.0782. The molecule has 0 aromatic carbocycles. The van der Waals surface area contributed by atoms with Crippen molar-refractivity contribution >= 4 is 5.91 Å². The number of methoxy groups -OCH3 is 1. The Morgan fingerprint density at radius 2 is 2.00 bits per heavy atom. The minimum Gasteiger partial charge on any atom is -0.383 e. The molecule has 15 heavy (non-hydrogen) atoms. The lowest BCUT2D eigenvalue weighted by Crippen LogP contribution is -2.41. The van der Waals surface area contributed by atoms with Gasteiger partial charge in [0.15, 0.2) is 0 Å². The number of amides is 1. The van der Waals surface area contributed by atoms with Crippen molar-refractivity contribution in [2.75, 3.05) is 27.3 Å². The number of nitrogens with zero attached hydrogens (tertiary/aromatic N) is 1. The molecule has 0 bridgehead atoms. The second-order valence-corrected chi connectivity index (χ2v) is 4.98. The summed E-state index contributed by atoms with van der Waals surface area (Å²) in [7, 11) is 3.40. The van der Waals surface area contributed by atoms with Crippen LogP contribution in [0.25, 0.3) is 0 Å². The highest BCUT2D eigenvalue weighted by atomic mass is 16.5. The Labute approximate surface area is 92.8 Å². The Balaban J connectivity index is 4.02. The molecule has 0 saturated heterocycles. The van der Waals surface area contributed by atoms with E-state index in [2.05, 4.69) is 0 Å². The van der Waals surface area contributed by atoms with Crippen LogP contribution in [0.5, 0.6) is 0 Å². The van der Waals surface area contributed by atoms with E-state index in [0.29, 0.717) is 19.6 Å². The maximum absolute atomic E-state index is 11.7. The predicted molar refractivity (Wildman–Crippen MR) is 61.6 cm³/mol. The molecule has 0 fully saturated rings. The van der Waals surface area contributed by atoms with Crippen LogP contribution < -0.4 is 5.73 Å². The van der Waals surface area contributed by atoms with Gasteiger partial charge in [0.2, 0.25) is 5.91 Å². The second-order valence-electron chi connectivity index (χ2n) is 4.98. The molecule has 0 radical (unpaired) electrons. The van der Waals surface area contributed by atoms with Crippen molar-refractivity contribution in [3.63, 3.8) is 0 Å². The average molecular weight is 216 g/mol. The number of hydrogen-bond acceptors (Lipinski definition) is 3. The summed E-state index contributed by atoms with van der Waals surface area (Å²) in [4.78, 5) is 13.4. The normalized spacial score (nSPS) is 13.7. The molecule has 2 N–H and O–H groups in total. The van der Waals surface area contributed by atoms with Crippen LogP contribution in [-0.4, -0.2) is 44.2 Å². The van der Waals surface area contributed by atoms with Gasteiger partial charge in [-0.3, -0.25) is 4.79 Å². The number of hydrogen-bond donors (Lipinski definition) is 1. The fraction of sp³-hybridized carbons (Fsp3) is 0.909. The summed E-state index contributed by atoms with van der Waals surface area (Å²) in [6.45, 7) is 7.31. The van der Waals surface area contributed by atoms with Crippen LogP contribution in [0.15, 0.2) is 0 Å². The Bertz CT molecular complexity index is 199. The minimum absolute atomic E-state index is 0.0300. The lowest BCUT2D eigenvalue weighted by molar-refractivity contribution is -0.131. The third kappa shape index (κ3) is 5.74. The van der Waals surface area contributed by atoms with Crippen molar-refractivity contribution < 1.29 is 9.53 Å². The van der Waals surface area contributed by atoms with Gasteiger partial charge in [0.05, 0.1) is 6.61 Å². The predicted octanol–water partition coefficient (Wildman–Crippen LogP) is 0.855. The maximum Gasteiger partial charge on any atom is 0.223 e. The van der Waals surface area contributed by atoms with Gasteiger partial charge < -0.3 is 15.4 Å². The van der Waals surface area contributed by atoms with E-state index in [1.165, 1.54) is 0 Å². The summed E-state index contributed by atoms with van der Waals surface area (Å²) in [6, 6.07) is -0.102. The van der Waals surface area contributed by atoms with E-state index >= 15 is 0 Å². The van der Waals surface area contributed by atoms with Gasteiger partial charge in [-0.05, 0) is 5.41 Å². The Hall–Kier alpha value is -0.610. The SMILES string of the molecule is COCCN(C)C(=O)CC(N)C(C)(C)C. The number of likely N-dealkylation sites (N-methyl/N-ethyl adjacent to an activating group) is 1. The first-order chi connectivity index (χ1) is 6.79. The largest absolute Gasteiger partial charge is 0.383 e. The van der Waals surface area contributed by atoms with E-state index in [1.54, 1.807) is 19.1 Å². The van der Waals surface area contributed by atoms with E-state index in [-0.39, 0.29) is 17.4 Å². The number of rotatable bonds is 5. The molecule has 0 aromatic rings. The number of nitrogens with two attached hydrogens (primary N) is 1. The molecule has 0 aliphatic carbocycles. The lowest BCUT2D eigenvalue weighted by Gasteiger charge is -2.28. The van der Waals surface area contributed by atoms with Gasteiger partial charge in [-0.15, -0.1) is 0 Å². The minimum atomic E-state index is -0.102. The average Bonchev–Trinajstić information content (AvgIpc) is 2.12. The fourth-order valence-corrected chi connectivity index (χ4v) is 1.00. The smallest absolute Gasteiger partial charge is 0.223 e. The summed E-state index contributed by atoms with van der Waals surface area (Å²) in [6.07, 6.45) is 0.393. The van der Waals surface area contributed by atoms with Crippen molar-refractivity contribution in [3.05, 3.63) is 0 Å². The van der Waals surface area contributed by atoms with Crippen LogP contribution in [0, 0.1) is 5.41 Å². The van der Waals surface area contributed by atoms with E-state index < -0.39 is 0 Å². The van der Waals surface area contributed by atoms with Gasteiger partial charge in [0.25, 0.3) is 0 Å². The first kappa shape index (κ1) is 14.4.